The molecule has 0 saturated carbocycles. The van der Waals surface area contributed by atoms with Crippen LogP contribution in [0.3, 0.4) is 0 Å². The minimum Gasteiger partial charge on any atom is -0.283 e. The van der Waals surface area contributed by atoms with Crippen molar-refractivity contribution in [2.75, 3.05) is 0 Å². The van der Waals surface area contributed by atoms with Crippen molar-refractivity contribution in [2.24, 2.45) is 0 Å². The molecule has 116 valence electrons. The molecule has 0 spiro atoms. The Labute approximate surface area is 102 Å². The van der Waals surface area contributed by atoms with Crippen molar-refractivity contribution in [1.82, 2.24) is 0 Å². The van der Waals surface area contributed by atoms with E-state index in [2.05, 4.69) is 0 Å². The van der Waals surface area contributed by atoms with Gasteiger partial charge in [0.15, 0.2) is 30.9 Å². The molecule has 0 aliphatic rings. The lowest BCUT2D eigenvalue weighted by molar-refractivity contribution is -0.0550. The van der Waals surface area contributed by atoms with Crippen molar-refractivity contribution >= 4 is 10.1 Å². The van der Waals surface area contributed by atoms with Gasteiger partial charge in [0.1, 0.15) is 0 Å². The molecule has 3 nitrogen and oxygen atoms in total. The summed E-state index contributed by atoms with van der Waals surface area (Å²) in [6.07, 6.45) is -23.4. The van der Waals surface area contributed by atoms with Gasteiger partial charge in [-0.2, -0.15) is 8.42 Å². The van der Waals surface area contributed by atoms with Gasteiger partial charge in [0.2, 0.25) is 0 Å². The van der Waals surface area contributed by atoms with Crippen LogP contribution in [0.2, 0.25) is 0 Å². The molecule has 0 fully saturated rings. The molecule has 0 radical (unpaired) electrons. The van der Waals surface area contributed by atoms with Gasteiger partial charge in [-0.15, -0.1) is 0 Å². The molecule has 0 saturated heterocycles. The maximum atomic E-state index is 12.8. The Bertz CT molecular complexity index is 377. The minimum atomic E-state index is -5.76. The van der Waals surface area contributed by atoms with Crippen LogP contribution >= 0.6 is 0 Å². The number of hydrogen-bond acceptors (Lipinski definition) is 2. The van der Waals surface area contributed by atoms with E-state index in [-0.39, 0.29) is 0 Å². The Kier molecular flexibility index (Phi) is 6.45. The molecule has 0 aliphatic heterocycles. The molecule has 0 bridgehead atoms. The molecule has 6 atom stereocenters. The van der Waals surface area contributed by atoms with E-state index in [1.165, 1.54) is 0 Å². The van der Waals surface area contributed by atoms with E-state index < -0.39 is 52.9 Å². The van der Waals surface area contributed by atoms with Gasteiger partial charge < -0.3 is 0 Å². The van der Waals surface area contributed by atoms with E-state index in [4.69, 9.17) is 4.55 Å². The summed E-state index contributed by atoms with van der Waals surface area (Å²) in [4.78, 5) is 0. The van der Waals surface area contributed by atoms with Crippen molar-refractivity contribution in [3.8, 4) is 0 Å². The van der Waals surface area contributed by atoms with E-state index in [0.29, 0.717) is 0 Å². The molecule has 0 rings (SSSR count). The summed E-state index contributed by atoms with van der Waals surface area (Å²) in [5.41, 5.74) is -3.96. The predicted molar refractivity (Wildman–Crippen MR) is 46.9 cm³/mol. The lowest BCUT2D eigenvalue weighted by Crippen LogP contribution is -2.46. The average Bonchev–Trinajstić information content (AvgIpc) is 2.31. The van der Waals surface area contributed by atoms with Crippen LogP contribution in [0.1, 0.15) is 0 Å². The summed E-state index contributed by atoms with van der Waals surface area (Å²) in [5.74, 6) is 0. The first-order valence-electron chi connectivity index (χ1n) is 4.50. The second-order valence-corrected chi connectivity index (χ2v) is 4.90. The first-order valence-corrected chi connectivity index (χ1v) is 6.00. The number of rotatable bonds is 7. The average molecular weight is 324 g/mol. The van der Waals surface area contributed by atoms with E-state index in [1.54, 1.807) is 0 Å². The SMILES string of the molecule is O=S(=O)(O)C(F)C(F)C(F)C(F)C(F)C(F)C(F)F. The van der Waals surface area contributed by atoms with Crippen LogP contribution in [0.5, 0.6) is 0 Å². The Morgan fingerprint density at radius 3 is 1.26 bits per heavy atom. The van der Waals surface area contributed by atoms with Crippen molar-refractivity contribution in [1.29, 1.82) is 0 Å². The second-order valence-electron chi connectivity index (χ2n) is 3.42. The third-order valence-electron chi connectivity index (χ3n) is 1.99. The van der Waals surface area contributed by atoms with Gasteiger partial charge in [0.05, 0.1) is 0 Å². The zero-order valence-corrected chi connectivity index (χ0v) is 9.55. The van der Waals surface area contributed by atoms with Crippen LogP contribution in [-0.4, -0.2) is 55.8 Å². The lowest BCUT2D eigenvalue weighted by atomic mass is 10.0. The maximum absolute atomic E-state index is 12.8. The fraction of sp³-hybridized carbons (Fsp3) is 1.00. The first kappa shape index (κ1) is 18.4. The van der Waals surface area contributed by atoms with Gasteiger partial charge in [0.25, 0.3) is 11.9 Å². The summed E-state index contributed by atoms with van der Waals surface area (Å²) < 4.78 is 127. The van der Waals surface area contributed by atoms with Gasteiger partial charge in [0, 0.05) is 0 Å². The van der Waals surface area contributed by atoms with Crippen molar-refractivity contribution in [2.45, 2.75) is 42.8 Å². The zero-order valence-electron chi connectivity index (χ0n) is 8.74. The lowest BCUT2D eigenvalue weighted by Gasteiger charge is -2.22. The summed E-state index contributed by atoms with van der Waals surface area (Å²) in [6.45, 7) is 0. The monoisotopic (exact) mass is 324 g/mol. The first-order chi connectivity index (χ1) is 8.41. The highest BCUT2D eigenvalue weighted by Gasteiger charge is 2.48. The Morgan fingerprint density at radius 2 is 0.947 bits per heavy atom. The van der Waals surface area contributed by atoms with Gasteiger partial charge in [-0.05, 0) is 0 Å². The van der Waals surface area contributed by atoms with Gasteiger partial charge >= 0.3 is 10.1 Å². The topological polar surface area (TPSA) is 54.4 Å². The van der Waals surface area contributed by atoms with Crippen LogP contribution in [0.4, 0.5) is 35.1 Å². The molecule has 0 amide bonds. The Morgan fingerprint density at radius 1 is 0.632 bits per heavy atom. The standard InChI is InChI=1S/C7H8F8O3S/c8-1(2(9)4(11)6(13)14)3(10)5(12)7(15)19(16,17)18/h1-7H,(H,16,17,18). The van der Waals surface area contributed by atoms with Crippen LogP contribution in [0, 0.1) is 0 Å². The van der Waals surface area contributed by atoms with Crippen LogP contribution < -0.4 is 0 Å². The van der Waals surface area contributed by atoms with Gasteiger partial charge in [-0.3, -0.25) is 4.55 Å². The zero-order chi connectivity index (χ0) is 15.5. The molecular weight excluding hydrogens is 316 g/mol. The normalized spacial score (nSPS) is 22.6. The summed E-state index contributed by atoms with van der Waals surface area (Å²) in [7, 11) is -5.76. The molecule has 19 heavy (non-hydrogen) atoms. The van der Waals surface area contributed by atoms with Crippen LogP contribution in [0.15, 0.2) is 0 Å². The van der Waals surface area contributed by atoms with Crippen LogP contribution in [0.25, 0.3) is 0 Å². The van der Waals surface area contributed by atoms with Crippen molar-refractivity contribution in [3.63, 3.8) is 0 Å². The molecular formula is C7H8F8O3S. The minimum absolute atomic E-state index is 3.80. The predicted octanol–water partition coefficient (Wildman–Crippen LogP) is 2.13. The van der Waals surface area contributed by atoms with E-state index in [1.807, 2.05) is 0 Å². The second kappa shape index (κ2) is 6.68. The summed E-state index contributed by atoms with van der Waals surface area (Å²) in [6, 6.07) is 0. The largest absolute Gasteiger partial charge is 0.300 e. The highest BCUT2D eigenvalue weighted by Crippen LogP contribution is 2.27. The highest BCUT2D eigenvalue weighted by atomic mass is 32.2. The van der Waals surface area contributed by atoms with Crippen LogP contribution in [-0.2, 0) is 10.1 Å². The molecule has 0 aromatic heterocycles. The van der Waals surface area contributed by atoms with E-state index >= 15 is 0 Å². The molecule has 12 heteroatoms. The molecule has 0 aromatic carbocycles. The van der Waals surface area contributed by atoms with Crippen molar-refractivity contribution in [3.05, 3.63) is 0 Å². The number of alkyl halides is 8. The van der Waals surface area contributed by atoms with Crippen molar-refractivity contribution < 1.29 is 48.1 Å². The third-order valence-corrected chi connectivity index (χ3v) is 2.82. The number of hydrogen-bond donors (Lipinski definition) is 1. The molecule has 0 heterocycles. The molecule has 0 aliphatic carbocycles. The van der Waals surface area contributed by atoms with E-state index in [9.17, 15) is 43.5 Å². The molecule has 1 N–H and O–H groups in total. The Balaban J connectivity index is 4.86. The quantitative estimate of drug-likeness (QED) is 0.576. The summed E-state index contributed by atoms with van der Waals surface area (Å²) >= 11 is 0. The smallest absolute Gasteiger partial charge is 0.283 e. The molecule has 6 unspecified atom stereocenters. The van der Waals surface area contributed by atoms with E-state index in [0.717, 1.165) is 0 Å². The summed E-state index contributed by atoms with van der Waals surface area (Å²) in [5, 5.41) is 0. The maximum Gasteiger partial charge on any atom is 0.300 e. The fourth-order valence-corrected chi connectivity index (χ4v) is 1.45. The molecule has 0 aromatic rings. The fourth-order valence-electron chi connectivity index (χ4n) is 0.975. The number of halogens is 8. The van der Waals surface area contributed by atoms with Gasteiger partial charge in [-0.25, -0.2) is 35.1 Å². The van der Waals surface area contributed by atoms with Gasteiger partial charge in [-0.1, -0.05) is 0 Å². The highest BCUT2D eigenvalue weighted by molar-refractivity contribution is 7.86. The Hall–Kier alpha value is -0.650. The third kappa shape index (κ3) is 4.75.